The highest BCUT2D eigenvalue weighted by Gasteiger charge is 2.61. The van der Waals surface area contributed by atoms with Gasteiger partial charge in [0.05, 0.1) is 6.61 Å². The first kappa shape index (κ1) is 16.2. The van der Waals surface area contributed by atoms with Crippen LogP contribution in [0.2, 0.25) is 0 Å². The van der Waals surface area contributed by atoms with E-state index in [1.165, 1.54) is 11.1 Å². The summed E-state index contributed by atoms with van der Waals surface area (Å²) in [6.07, 6.45) is 3.12. The van der Waals surface area contributed by atoms with Crippen molar-refractivity contribution in [2.75, 3.05) is 13.2 Å². The van der Waals surface area contributed by atoms with Gasteiger partial charge in [0.2, 0.25) is 5.91 Å². The first-order valence-electron chi connectivity index (χ1n) is 8.92. The van der Waals surface area contributed by atoms with Crippen LogP contribution in [0.25, 0.3) is 0 Å². The molecule has 0 radical (unpaired) electrons. The van der Waals surface area contributed by atoms with Gasteiger partial charge in [0, 0.05) is 23.4 Å². The molecule has 25 heavy (non-hydrogen) atoms. The number of aliphatic hydroxyl groups excluding tert-OH is 1. The zero-order valence-electron chi connectivity index (χ0n) is 14.2. The molecule has 0 aromatic heterocycles. The Kier molecular flexibility index (Phi) is 4.22. The van der Waals surface area contributed by atoms with Crippen LogP contribution in [0.4, 0.5) is 0 Å². The minimum Gasteiger partial charge on any atom is -0.491 e. The van der Waals surface area contributed by atoms with E-state index in [1.807, 2.05) is 24.3 Å². The first-order valence-corrected chi connectivity index (χ1v) is 8.92. The van der Waals surface area contributed by atoms with E-state index in [1.54, 1.807) is 0 Å². The summed E-state index contributed by atoms with van der Waals surface area (Å²) < 4.78 is 5.53. The number of nitrogens with one attached hydrogen (secondary N) is 1. The van der Waals surface area contributed by atoms with Gasteiger partial charge in [-0.15, -0.1) is 0 Å². The Hall–Kier alpha value is -2.33. The molecular formula is C21H23NO3. The van der Waals surface area contributed by atoms with E-state index < -0.39 is 0 Å². The fourth-order valence-electron chi connectivity index (χ4n) is 4.19. The lowest BCUT2D eigenvalue weighted by Crippen LogP contribution is -2.27. The van der Waals surface area contributed by atoms with Crippen LogP contribution in [0.5, 0.6) is 5.75 Å². The van der Waals surface area contributed by atoms with Crippen LogP contribution in [0.1, 0.15) is 29.5 Å². The molecule has 1 saturated carbocycles. The lowest BCUT2D eigenvalue weighted by Gasteiger charge is -2.13. The number of ether oxygens (including phenoxy) is 1. The molecule has 0 unspecified atom stereocenters. The van der Waals surface area contributed by atoms with Crippen molar-refractivity contribution in [3.05, 3.63) is 65.2 Å². The number of hydrogen-bond donors (Lipinski definition) is 2. The summed E-state index contributed by atoms with van der Waals surface area (Å²) in [5.74, 6) is 0.934. The maximum atomic E-state index is 12.7. The third-order valence-corrected chi connectivity index (χ3v) is 5.56. The highest BCUT2D eigenvalue weighted by atomic mass is 16.5. The highest BCUT2D eigenvalue weighted by Crippen LogP contribution is 2.61. The molecule has 4 rings (SSSR count). The predicted molar refractivity (Wildman–Crippen MR) is 95.4 cm³/mol. The summed E-state index contributed by atoms with van der Waals surface area (Å²) in [7, 11) is 0. The van der Waals surface area contributed by atoms with Crippen molar-refractivity contribution in [1.29, 1.82) is 0 Å². The SMILES string of the molecule is O=C(NCc1ccccc1OCCO)[C@@H]1C[C@]12CCc1ccccc12. The number of amides is 1. The summed E-state index contributed by atoms with van der Waals surface area (Å²) in [6, 6.07) is 16.2. The van der Waals surface area contributed by atoms with Crippen molar-refractivity contribution >= 4 is 5.91 Å². The number of aliphatic hydroxyl groups is 1. The molecule has 2 N–H and O–H groups in total. The van der Waals surface area contributed by atoms with E-state index in [9.17, 15) is 4.79 Å². The number of para-hydroxylation sites is 1. The van der Waals surface area contributed by atoms with Crippen LogP contribution in [-0.4, -0.2) is 24.2 Å². The molecule has 2 aromatic rings. The Morgan fingerprint density at radius 1 is 1.20 bits per heavy atom. The maximum Gasteiger partial charge on any atom is 0.224 e. The lowest BCUT2D eigenvalue weighted by atomic mass is 9.95. The number of benzene rings is 2. The van der Waals surface area contributed by atoms with Crippen LogP contribution in [0.3, 0.4) is 0 Å². The predicted octanol–water partition coefficient (Wildman–Crippen LogP) is 2.58. The van der Waals surface area contributed by atoms with Gasteiger partial charge in [-0.05, 0) is 36.5 Å². The molecule has 1 fully saturated rings. The van der Waals surface area contributed by atoms with Crippen molar-refractivity contribution < 1.29 is 14.6 Å². The largest absolute Gasteiger partial charge is 0.491 e. The van der Waals surface area contributed by atoms with Crippen molar-refractivity contribution in [2.45, 2.75) is 31.2 Å². The quantitative estimate of drug-likeness (QED) is 0.852. The molecule has 2 aromatic carbocycles. The van der Waals surface area contributed by atoms with Gasteiger partial charge in [0.25, 0.3) is 0 Å². The monoisotopic (exact) mass is 337 g/mol. The van der Waals surface area contributed by atoms with Gasteiger partial charge in [0.1, 0.15) is 12.4 Å². The van der Waals surface area contributed by atoms with E-state index in [0.717, 1.165) is 24.8 Å². The number of rotatable bonds is 6. The minimum atomic E-state index is -0.0231. The molecule has 2 aliphatic carbocycles. The number of carbonyl (C=O) groups excluding carboxylic acids is 1. The van der Waals surface area contributed by atoms with Crippen molar-refractivity contribution in [3.8, 4) is 5.75 Å². The Bertz CT molecular complexity index is 788. The molecule has 0 bridgehead atoms. The van der Waals surface area contributed by atoms with E-state index in [-0.39, 0.29) is 30.5 Å². The average molecular weight is 337 g/mol. The fraction of sp³-hybridized carbons (Fsp3) is 0.381. The molecule has 1 spiro atoms. The number of carbonyl (C=O) groups is 1. The van der Waals surface area contributed by atoms with Crippen molar-refractivity contribution in [2.24, 2.45) is 5.92 Å². The minimum absolute atomic E-state index is 0.0231. The van der Waals surface area contributed by atoms with Crippen LogP contribution >= 0.6 is 0 Å². The first-order chi connectivity index (χ1) is 12.2. The van der Waals surface area contributed by atoms with Crippen LogP contribution in [0.15, 0.2) is 48.5 Å². The summed E-state index contributed by atoms with van der Waals surface area (Å²) in [5.41, 5.74) is 3.79. The van der Waals surface area contributed by atoms with Crippen molar-refractivity contribution in [1.82, 2.24) is 5.32 Å². The van der Waals surface area contributed by atoms with Gasteiger partial charge in [-0.25, -0.2) is 0 Å². The number of hydrogen-bond acceptors (Lipinski definition) is 3. The van der Waals surface area contributed by atoms with E-state index >= 15 is 0 Å². The fourth-order valence-corrected chi connectivity index (χ4v) is 4.19. The molecule has 4 heteroatoms. The molecular weight excluding hydrogens is 314 g/mol. The number of fused-ring (bicyclic) bond motifs is 2. The number of aryl methyl sites for hydroxylation is 1. The summed E-state index contributed by atoms with van der Waals surface area (Å²) >= 11 is 0. The Morgan fingerprint density at radius 2 is 2.00 bits per heavy atom. The lowest BCUT2D eigenvalue weighted by molar-refractivity contribution is -0.122. The van der Waals surface area contributed by atoms with E-state index in [0.29, 0.717) is 12.3 Å². The zero-order chi connectivity index (χ0) is 17.3. The van der Waals surface area contributed by atoms with Crippen LogP contribution in [0, 0.1) is 5.92 Å². The average Bonchev–Trinajstić information content (AvgIpc) is 3.27. The van der Waals surface area contributed by atoms with E-state index in [4.69, 9.17) is 9.84 Å². The van der Waals surface area contributed by atoms with Crippen LogP contribution < -0.4 is 10.1 Å². The zero-order valence-corrected chi connectivity index (χ0v) is 14.2. The summed E-state index contributed by atoms with van der Waals surface area (Å²) in [4.78, 5) is 12.7. The molecule has 0 heterocycles. The third kappa shape index (κ3) is 2.91. The molecule has 2 aliphatic rings. The standard InChI is InChI=1S/C21H23NO3/c23-11-12-25-19-8-4-2-6-16(19)14-22-20(24)18-13-21(18)10-9-15-5-1-3-7-17(15)21/h1-8,18,23H,9-14H2,(H,22,24)/t18-,21-/m0/s1. The Balaban J connectivity index is 1.40. The van der Waals surface area contributed by atoms with Crippen molar-refractivity contribution in [3.63, 3.8) is 0 Å². The summed E-state index contributed by atoms with van der Waals surface area (Å²) in [6.45, 7) is 0.687. The molecule has 4 nitrogen and oxygen atoms in total. The molecule has 0 saturated heterocycles. The second-order valence-corrected chi connectivity index (χ2v) is 6.97. The molecule has 1 amide bonds. The van der Waals surface area contributed by atoms with Gasteiger partial charge >= 0.3 is 0 Å². The van der Waals surface area contributed by atoms with Gasteiger partial charge in [-0.1, -0.05) is 42.5 Å². The van der Waals surface area contributed by atoms with Gasteiger partial charge in [-0.3, -0.25) is 4.79 Å². The van der Waals surface area contributed by atoms with E-state index in [2.05, 4.69) is 29.6 Å². The maximum absolute atomic E-state index is 12.7. The normalized spacial score (nSPS) is 23.3. The second kappa shape index (κ2) is 6.52. The topological polar surface area (TPSA) is 58.6 Å². The van der Waals surface area contributed by atoms with Crippen LogP contribution in [-0.2, 0) is 23.2 Å². The smallest absolute Gasteiger partial charge is 0.224 e. The Morgan fingerprint density at radius 3 is 2.88 bits per heavy atom. The molecule has 0 aliphatic heterocycles. The summed E-state index contributed by atoms with van der Waals surface area (Å²) in [5, 5.41) is 12.0. The third-order valence-electron chi connectivity index (χ3n) is 5.56. The second-order valence-electron chi connectivity index (χ2n) is 6.97. The van der Waals surface area contributed by atoms with Gasteiger partial charge < -0.3 is 15.2 Å². The van der Waals surface area contributed by atoms with Gasteiger partial charge in [-0.2, -0.15) is 0 Å². The molecule has 130 valence electrons. The highest BCUT2D eigenvalue weighted by molar-refractivity contribution is 5.85. The Labute approximate surface area is 147 Å². The molecule has 2 atom stereocenters. The van der Waals surface area contributed by atoms with Gasteiger partial charge in [0.15, 0.2) is 0 Å².